The van der Waals surface area contributed by atoms with Gasteiger partial charge in [0.25, 0.3) is 0 Å². The van der Waals surface area contributed by atoms with Crippen LogP contribution in [0.5, 0.6) is 0 Å². The first-order valence-electron chi connectivity index (χ1n) is 30.7. The second-order valence-electron chi connectivity index (χ2n) is 24.6. The molecule has 0 bridgehead atoms. The standard InChI is InChI=1S/C32H37N9O2.C17H16BN5O2.C15H23ClN4O2.2O2S/c1-20-17-33-30(34-23-11-10-16-39(18-23)31(42)43-32(4,5)6)36-28(20)26-19-40(24-12-8-7-9-13-24)29-25(26)14-15-27(35-29)41-21(2)37-38-22(41)3;1-11-20-21-12(2)23(11)16-9-8-14-15(18(24)25)10-22(17(14)19-16)13-6-4-3-5-7-13;1-10-8-17-13(19-12(10)16)18-11-6-5-7-20(9-11)14(21)22-15(2,3)4;2*1-3-2/h7-9,12-15,17,19,23H,10-11,16,18H2,1-6H3,(H,33,34,36);3-10,24-25H,1-2H3;8,11H,5-7,9H2,1-4H3,(H,17,18,19);;/t23-;;11-;;/m0.0../s1. The lowest BCUT2D eigenvalue weighted by Gasteiger charge is -2.34. The van der Waals surface area contributed by atoms with E-state index in [0.29, 0.717) is 65.5 Å². The number of hydrogen-bond acceptors (Lipinski definition) is 22. The number of piperidine rings is 2. The molecule has 2 amide bonds. The zero-order chi connectivity index (χ0) is 69.6. The van der Waals surface area contributed by atoms with E-state index in [1.54, 1.807) is 22.2 Å². The van der Waals surface area contributed by atoms with Crippen LogP contribution in [0.1, 0.15) is 102 Å². The second-order valence-corrected chi connectivity index (χ2v) is 25.2. The van der Waals surface area contributed by atoms with Crippen LogP contribution in [-0.4, -0.2) is 174 Å². The number of benzene rings is 2. The number of nitrogens with zero attached hydrogens (tertiary/aromatic N) is 16. The number of rotatable bonds is 10. The number of nitrogens with one attached hydrogen (secondary N) is 2. The number of pyridine rings is 2. The molecule has 0 saturated carbocycles. The summed E-state index contributed by atoms with van der Waals surface area (Å²) in [5.41, 5.74) is 6.29. The minimum Gasteiger partial charge on any atom is -0.444 e. The lowest BCUT2D eigenvalue weighted by molar-refractivity contribution is 0.0196. The van der Waals surface area contributed by atoms with Gasteiger partial charge in [-0.3, -0.25) is 9.13 Å². The van der Waals surface area contributed by atoms with Gasteiger partial charge in [0.15, 0.2) is 0 Å². The van der Waals surface area contributed by atoms with Crippen LogP contribution in [0.3, 0.4) is 0 Å². The Balaban J connectivity index is 0.000000189. The molecule has 10 aromatic rings. The number of ether oxygens (including phenoxy) is 2. The Morgan fingerprint density at radius 2 is 0.969 bits per heavy atom. The number of aryl methyl sites for hydroxylation is 6. The first-order chi connectivity index (χ1) is 45.7. The van der Waals surface area contributed by atoms with Crippen LogP contribution in [-0.2, 0) is 32.6 Å². The molecule has 504 valence electrons. The largest absolute Gasteiger partial charge is 0.490 e. The molecule has 96 heavy (non-hydrogen) atoms. The van der Waals surface area contributed by atoms with Crippen LogP contribution in [0.4, 0.5) is 21.5 Å². The maximum atomic E-state index is 12.7. The van der Waals surface area contributed by atoms with Crippen LogP contribution < -0.4 is 16.1 Å². The van der Waals surface area contributed by atoms with Gasteiger partial charge in [-0.1, -0.05) is 48.0 Å². The van der Waals surface area contributed by atoms with Gasteiger partial charge < -0.3 is 49.1 Å². The molecule has 4 N–H and O–H groups in total. The molecule has 0 aliphatic carbocycles. The average Bonchev–Trinajstić information content (AvgIpc) is 1.60. The van der Waals surface area contributed by atoms with Crippen LogP contribution in [0.2, 0.25) is 5.15 Å². The molecule has 0 radical (unpaired) electrons. The highest BCUT2D eigenvalue weighted by Gasteiger charge is 2.31. The van der Waals surface area contributed by atoms with Crippen molar-refractivity contribution in [1.82, 2.24) is 78.4 Å². The van der Waals surface area contributed by atoms with Gasteiger partial charge in [-0.05, 0) is 163 Å². The van der Waals surface area contributed by atoms with E-state index in [9.17, 15) is 19.6 Å². The molecular formula is C64H76BClN18O10S2. The monoisotopic (exact) mass is 1370 g/mol. The number of aromatic nitrogens is 14. The Kier molecular flexibility index (Phi) is 24.2. The first kappa shape index (κ1) is 72.1. The SMILES string of the molecule is Cc1cnc(N[C@H]2CCCN(C(=O)OC(C)(C)C)C2)nc1-c1cn(-c2ccccc2)c2nc(-n3c(C)nnc3C)ccc12.Cc1cnc(N[C@H]2CCCN(C(=O)OC(C)(C)C)C2)nc1Cl.Cc1nnc(C)n1-c1ccc2c(B(O)O)cn(-c3ccccc3)c2n1.O=S=O.O=S=O. The van der Waals surface area contributed by atoms with Gasteiger partial charge in [-0.2, -0.15) is 16.8 Å². The van der Waals surface area contributed by atoms with E-state index in [-0.39, 0.29) is 24.3 Å². The molecule has 2 aromatic carbocycles. The number of likely N-dealkylation sites (tertiary alicyclic amines) is 2. The van der Waals surface area contributed by atoms with Crippen molar-refractivity contribution in [2.24, 2.45) is 0 Å². The van der Waals surface area contributed by atoms with E-state index < -0.39 is 41.5 Å². The maximum Gasteiger partial charge on any atom is 0.490 e. The summed E-state index contributed by atoms with van der Waals surface area (Å²) in [4.78, 5) is 56.2. The fourth-order valence-corrected chi connectivity index (χ4v) is 11.0. The number of para-hydroxylation sites is 2. The van der Waals surface area contributed by atoms with Crippen molar-refractivity contribution in [2.75, 3.05) is 36.8 Å². The van der Waals surface area contributed by atoms with Gasteiger partial charge >= 0.3 is 42.4 Å². The summed E-state index contributed by atoms with van der Waals surface area (Å²) in [6.07, 6.45) is 10.4. The highest BCUT2D eigenvalue weighted by Crippen LogP contribution is 2.34. The first-order valence-corrected chi connectivity index (χ1v) is 32.4. The lowest BCUT2D eigenvalue weighted by Crippen LogP contribution is -2.47. The number of carbonyl (C=O) groups is 2. The fourth-order valence-electron chi connectivity index (χ4n) is 10.8. The summed E-state index contributed by atoms with van der Waals surface area (Å²) >= 11 is 4.51. The summed E-state index contributed by atoms with van der Waals surface area (Å²) in [6.45, 7) is 25.2. The molecule has 2 fully saturated rings. The molecule has 2 atom stereocenters. The highest BCUT2D eigenvalue weighted by atomic mass is 35.5. The third-order valence-corrected chi connectivity index (χ3v) is 15.4. The molecular weight excluding hydrogens is 1290 g/mol. The number of amides is 2. The van der Waals surface area contributed by atoms with Crippen LogP contribution >= 0.6 is 11.6 Å². The zero-order valence-corrected chi connectivity index (χ0v) is 57.7. The van der Waals surface area contributed by atoms with Crippen molar-refractivity contribution in [3.05, 3.63) is 149 Å². The molecule has 10 heterocycles. The van der Waals surface area contributed by atoms with Crippen molar-refractivity contribution >= 4 is 93.5 Å². The number of fused-ring (bicyclic) bond motifs is 2. The lowest BCUT2D eigenvalue weighted by atomic mass is 9.80. The minimum absolute atomic E-state index is 0.0157. The fraction of sp³-hybridized carbons (Fsp3) is 0.375. The summed E-state index contributed by atoms with van der Waals surface area (Å²) in [6, 6.07) is 27.7. The molecule has 2 aliphatic heterocycles. The summed E-state index contributed by atoms with van der Waals surface area (Å²) in [7, 11) is -1.57. The van der Waals surface area contributed by atoms with Crippen LogP contribution in [0.15, 0.2) is 110 Å². The number of halogens is 1. The molecule has 0 spiro atoms. The molecule has 0 unspecified atom stereocenters. The second kappa shape index (κ2) is 32.2. The Bertz CT molecular complexity index is 4360. The smallest absolute Gasteiger partial charge is 0.444 e. The Morgan fingerprint density at radius 1 is 0.562 bits per heavy atom. The van der Waals surface area contributed by atoms with Crippen molar-refractivity contribution in [2.45, 2.75) is 132 Å². The Hall–Kier alpha value is -9.69. The minimum atomic E-state index is -1.57. The van der Waals surface area contributed by atoms with Crippen LogP contribution in [0.25, 0.3) is 56.3 Å². The van der Waals surface area contributed by atoms with Gasteiger partial charge in [0.1, 0.15) is 62.6 Å². The topological polar surface area (TPSA) is 340 Å². The van der Waals surface area contributed by atoms with E-state index in [1.807, 2.05) is 170 Å². The average molecular weight is 1370 g/mol. The summed E-state index contributed by atoms with van der Waals surface area (Å²) in [5.74, 6) is 5.48. The molecule has 32 heteroatoms. The van der Waals surface area contributed by atoms with Crippen molar-refractivity contribution in [3.63, 3.8) is 0 Å². The predicted octanol–water partition coefficient (Wildman–Crippen LogP) is 8.61. The van der Waals surface area contributed by atoms with Crippen LogP contribution in [0, 0.1) is 41.5 Å². The Labute approximate surface area is 567 Å². The molecule has 2 aliphatic rings. The third-order valence-electron chi connectivity index (χ3n) is 15.0. The van der Waals surface area contributed by atoms with Gasteiger partial charge in [-0.25, -0.2) is 39.5 Å². The third kappa shape index (κ3) is 18.4. The number of anilines is 2. The van der Waals surface area contributed by atoms with Gasteiger partial charge in [0.2, 0.25) is 11.9 Å². The molecule has 2 saturated heterocycles. The van der Waals surface area contributed by atoms with Crippen molar-refractivity contribution in [3.8, 4) is 34.3 Å². The zero-order valence-electron chi connectivity index (χ0n) is 55.3. The number of carbonyl (C=O) groups excluding carboxylic acids is 2. The summed E-state index contributed by atoms with van der Waals surface area (Å²) in [5, 5.41) is 44.8. The van der Waals surface area contributed by atoms with Gasteiger partial charge in [-0.15, -0.1) is 20.4 Å². The van der Waals surface area contributed by atoms with Crippen molar-refractivity contribution < 1.29 is 45.9 Å². The van der Waals surface area contributed by atoms with Crippen molar-refractivity contribution in [1.29, 1.82) is 0 Å². The Morgan fingerprint density at radius 3 is 1.40 bits per heavy atom. The van der Waals surface area contributed by atoms with Gasteiger partial charge in [0, 0.05) is 102 Å². The normalized spacial score (nSPS) is 14.5. The van der Waals surface area contributed by atoms with E-state index in [4.69, 9.17) is 52.9 Å². The summed E-state index contributed by atoms with van der Waals surface area (Å²) < 4.78 is 51.9. The quantitative estimate of drug-likeness (QED) is 0.0735. The number of hydrogen-bond donors (Lipinski definition) is 4. The predicted molar refractivity (Wildman–Crippen MR) is 365 cm³/mol. The molecule has 8 aromatic heterocycles. The highest BCUT2D eigenvalue weighted by molar-refractivity contribution is 7.52. The molecule has 12 rings (SSSR count). The van der Waals surface area contributed by atoms with E-state index in [1.165, 1.54) is 0 Å². The van der Waals surface area contributed by atoms with E-state index in [2.05, 4.69) is 74.9 Å². The van der Waals surface area contributed by atoms with Gasteiger partial charge in [0.05, 0.1) is 5.69 Å². The van der Waals surface area contributed by atoms with E-state index in [0.717, 1.165) is 99.6 Å². The van der Waals surface area contributed by atoms with E-state index >= 15 is 0 Å². The molecule has 28 nitrogen and oxygen atoms in total. The maximum absolute atomic E-state index is 12.7.